The van der Waals surface area contributed by atoms with Crippen LogP contribution in [0, 0.1) is 11.6 Å². The average Bonchev–Trinajstić information content (AvgIpc) is 3.32. The molecule has 3 aromatic rings. The topological polar surface area (TPSA) is 87.0 Å². The number of nitrogens with one attached hydrogen (secondary N) is 1. The molecule has 2 aromatic heterocycles. The predicted octanol–water partition coefficient (Wildman–Crippen LogP) is 2.47. The molecular weight excluding hydrogens is 442 g/mol. The summed E-state index contributed by atoms with van der Waals surface area (Å²) in [5.74, 6) is -2.98. The van der Waals surface area contributed by atoms with Crippen LogP contribution in [-0.2, 0) is 10.2 Å². The maximum Gasteiger partial charge on any atom is 0.344 e. The molecule has 1 aliphatic rings. The molecule has 8 nitrogen and oxygen atoms in total. The summed E-state index contributed by atoms with van der Waals surface area (Å²) in [6, 6.07) is 5.62. The number of hydrogen-bond acceptors (Lipinski definition) is 5. The van der Waals surface area contributed by atoms with E-state index in [-0.39, 0.29) is 11.1 Å². The van der Waals surface area contributed by atoms with Crippen molar-refractivity contribution in [1.82, 2.24) is 24.0 Å². The number of nitrogens with zero attached hydrogens (tertiary/aromatic N) is 4. The fourth-order valence-corrected chi connectivity index (χ4v) is 4.33. The summed E-state index contributed by atoms with van der Waals surface area (Å²) in [4.78, 5) is 12.4. The van der Waals surface area contributed by atoms with E-state index in [2.05, 4.69) is 5.10 Å². The lowest BCUT2D eigenvalue weighted by Crippen LogP contribution is -2.48. The Balaban J connectivity index is 1.60. The third kappa shape index (κ3) is 3.98. The minimum absolute atomic E-state index is 0.143. The van der Waals surface area contributed by atoms with Gasteiger partial charge in [-0.05, 0) is 30.3 Å². The van der Waals surface area contributed by atoms with Crippen LogP contribution in [0.2, 0.25) is 0 Å². The van der Waals surface area contributed by atoms with Gasteiger partial charge >= 0.3 is 10.2 Å². The second-order valence-electron chi connectivity index (χ2n) is 6.86. The van der Waals surface area contributed by atoms with Crippen molar-refractivity contribution in [2.45, 2.75) is 18.6 Å². The fraction of sp³-hybridized carbons (Fsp3) is 0.222. The van der Waals surface area contributed by atoms with Gasteiger partial charge in [0.25, 0.3) is 5.91 Å². The van der Waals surface area contributed by atoms with E-state index in [1.165, 1.54) is 21.5 Å². The molecule has 0 bridgehead atoms. The summed E-state index contributed by atoms with van der Waals surface area (Å²) in [7, 11) is -5.15. The Kier molecular flexibility index (Phi) is 5.41. The van der Waals surface area contributed by atoms with Gasteiger partial charge in [0.05, 0.1) is 28.0 Å². The number of carbonyl (C=O) groups is 1. The van der Waals surface area contributed by atoms with E-state index in [1.54, 1.807) is 12.1 Å². The van der Waals surface area contributed by atoms with Crippen molar-refractivity contribution in [2.75, 3.05) is 6.54 Å². The van der Waals surface area contributed by atoms with Gasteiger partial charge in [0.1, 0.15) is 17.8 Å². The SMILES string of the molecule is O=C(NS(=O)(=O)N(F)N1C[C@@H](F)C[C@@H]1c1cc(F)ccc1F)c1cnn2ccccc12. The van der Waals surface area contributed by atoms with Crippen LogP contribution in [0.4, 0.5) is 17.7 Å². The second kappa shape index (κ2) is 7.90. The molecule has 0 radical (unpaired) electrons. The van der Waals surface area contributed by atoms with Gasteiger partial charge in [-0.15, -0.1) is 0 Å². The van der Waals surface area contributed by atoms with E-state index in [0.717, 1.165) is 24.4 Å². The lowest BCUT2D eigenvalue weighted by molar-refractivity contribution is -0.0998. The Labute approximate surface area is 173 Å². The third-order valence-electron chi connectivity index (χ3n) is 4.83. The Morgan fingerprint density at radius 3 is 2.77 bits per heavy atom. The number of rotatable bonds is 5. The molecule has 1 aromatic carbocycles. The molecule has 0 unspecified atom stereocenters. The van der Waals surface area contributed by atoms with E-state index in [9.17, 15) is 30.9 Å². The molecule has 1 saturated heterocycles. The van der Waals surface area contributed by atoms with E-state index in [0.29, 0.717) is 5.01 Å². The van der Waals surface area contributed by atoms with Crippen molar-refractivity contribution < 1.29 is 30.9 Å². The van der Waals surface area contributed by atoms with Crippen molar-refractivity contribution in [3.63, 3.8) is 0 Å². The summed E-state index contributed by atoms with van der Waals surface area (Å²) in [6.45, 7) is -0.747. The van der Waals surface area contributed by atoms with Gasteiger partial charge in [-0.25, -0.2) is 22.4 Å². The molecule has 1 N–H and O–H groups in total. The molecule has 31 heavy (non-hydrogen) atoms. The molecule has 164 valence electrons. The number of aromatic nitrogens is 2. The van der Waals surface area contributed by atoms with E-state index < -0.39 is 63.1 Å². The number of hydrazine groups is 1. The number of amides is 1. The van der Waals surface area contributed by atoms with Crippen molar-refractivity contribution in [3.05, 3.63) is 71.6 Å². The number of halogens is 4. The molecule has 0 aliphatic carbocycles. The summed E-state index contributed by atoms with van der Waals surface area (Å²) < 4.78 is 83.5. The predicted molar refractivity (Wildman–Crippen MR) is 99.8 cm³/mol. The molecule has 0 saturated carbocycles. The van der Waals surface area contributed by atoms with Crippen LogP contribution in [-0.4, -0.2) is 46.3 Å². The molecule has 3 heterocycles. The van der Waals surface area contributed by atoms with Crippen molar-refractivity contribution in [2.24, 2.45) is 0 Å². The molecule has 1 fully saturated rings. The largest absolute Gasteiger partial charge is 0.344 e. The van der Waals surface area contributed by atoms with Gasteiger partial charge < -0.3 is 0 Å². The van der Waals surface area contributed by atoms with Gasteiger partial charge in [0, 0.05) is 24.7 Å². The highest BCUT2D eigenvalue weighted by atomic mass is 32.2. The number of benzene rings is 1. The average molecular weight is 457 g/mol. The van der Waals surface area contributed by atoms with Crippen LogP contribution in [0.3, 0.4) is 0 Å². The highest BCUT2D eigenvalue weighted by Gasteiger charge is 2.44. The van der Waals surface area contributed by atoms with Crippen LogP contribution in [0.15, 0.2) is 48.8 Å². The maximum absolute atomic E-state index is 14.9. The monoisotopic (exact) mass is 457 g/mol. The zero-order chi connectivity index (χ0) is 22.3. The molecule has 2 atom stereocenters. The third-order valence-corrected chi connectivity index (χ3v) is 5.88. The fourth-order valence-electron chi connectivity index (χ4n) is 3.46. The zero-order valence-corrected chi connectivity index (χ0v) is 16.4. The van der Waals surface area contributed by atoms with Crippen LogP contribution < -0.4 is 4.72 Å². The first-order chi connectivity index (χ1) is 14.7. The minimum Gasteiger partial charge on any atom is -0.268 e. The Bertz CT molecular complexity index is 1250. The molecule has 13 heteroatoms. The zero-order valence-electron chi connectivity index (χ0n) is 15.6. The standard InChI is InChI=1S/C18H15F4N5O3S/c19-11-4-5-15(21)13(7-11)17-8-12(20)10-26(17)27(22)31(29,30)24-18(28)14-9-23-25-6-2-1-3-16(14)25/h1-7,9,12,17H,8,10H2,(H,24,28)/t12-,17+/m0/s1. The summed E-state index contributed by atoms with van der Waals surface area (Å²) in [5, 5.41) is 4.27. The number of carbonyl (C=O) groups excluding carboxylic acids is 1. The number of alkyl halides is 1. The van der Waals surface area contributed by atoms with Gasteiger partial charge in [0.15, 0.2) is 0 Å². The molecule has 0 spiro atoms. The van der Waals surface area contributed by atoms with Gasteiger partial charge in [0.2, 0.25) is 0 Å². The van der Waals surface area contributed by atoms with Gasteiger partial charge in [-0.3, -0.25) is 4.79 Å². The van der Waals surface area contributed by atoms with Gasteiger partial charge in [-0.2, -0.15) is 18.5 Å². The highest BCUT2D eigenvalue weighted by molar-refractivity contribution is 7.87. The lowest BCUT2D eigenvalue weighted by Gasteiger charge is -2.28. The summed E-state index contributed by atoms with van der Waals surface area (Å²) >= 11 is 0. The first-order valence-corrected chi connectivity index (χ1v) is 10.4. The summed E-state index contributed by atoms with van der Waals surface area (Å²) in [5.41, 5.74) is -0.285. The van der Waals surface area contributed by atoms with E-state index in [4.69, 9.17) is 0 Å². The van der Waals surface area contributed by atoms with Crippen molar-refractivity contribution in [3.8, 4) is 0 Å². The maximum atomic E-state index is 14.9. The molecule has 4 rings (SSSR count). The number of fused-ring (bicyclic) bond motifs is 1. The van der Waals surface area contributed by atoms with Crippen LogP contribution in [0.5, 0.6) is 0 Å². The van der Waals surface area contributed by atoms with Crippen molar-refractivity contribution in [1.29, 1.82) is 0 Å². The number of hydrogen-bond donors (Lipinski definition) is 1. The minimum atomic E-state index is -5.15. The Hall–Kier alpha value is -3.03. The van der Waals surface area contributed by atoms with Crippen LogP contribution in [0.25, 0.3) is 5.52 Å². The van der Waals surface area contributed by atoms with Crippen LogP contribution in [0.1, 0.15) is 28.4 Å². The molecule has 1 amide bonds. The second-order valence-corrected chi connectivity index (χ2v) is 8.31. The Morgan fingerprint density at radius 1 is 1.23 bits per heavy atom. The first kappa shape index (κ1) is 21.2. The molecular formula is C18H15F4N5O3S. The normalized spacial score (nSPS) is 19.9. The van der Waals surface area contributed by atoms with Gasteiger partial charge in [-0.1, -0.05) is 10.5 Å². The number of pyridine rings is 1. The highest BCUT2D eigenvalue weighted by Crippen LogP contribution is 2.37. The smallest absolute Gasteiger partial charge is 0.268 e. The van der Waals surface area contributed by atoms with E-state index in [1.807, 2.05) is 0 Å². The Morgan fingerprint density at radius 2 is 2.00 bits per heavy atom. The summed E-state index contributed by atoms with van der Waals surface area (Å²) in [6.07, 6.45) is 0.432. The van der Waals surface area contributed by atoms with E-state index >= 15 is 0 Å². The lowest BCUT2D eigenvalue weighted by atomic mass is 10.0. The molecule has 1 aliphatic heterocycles. The quantitative estimate of drug-likeness (QED) is 0.470. The first-order valence-electron chi connectivity index (χ1n) is 8.98. The van der Waals surface area contributed by atoms with Crippen LogP contribution >= 0.6 is 0 Å². The van der Waals surface area contributed by atoms with Crippen molar-refractivity contribution >= 4 is 21.6 Å².